The fraction of sp³-hybridized carbons (Fsp3) is 0.174. The molecular formula is C23H18Cl2N2O2. The van der Waals surface area contributed by atoms with Crippen LogP contribution in [0.5, 0.6) is 11.5 Å². The van der Waals surface area contributed by atoms with Gasteiger partial charge in [-0.15, -0.1) is 0 Å². The molecule has 0 aromatic heterocycles. The van der Waals surface area contributed by atoms with E-state index in [2.05, 4.69) is 12.1 Å². The van der Waals surface area contributed by atoms with Crippen LogP contribution in [-0.4, -0.2) is 17.8 Å². The zero-order valence-electron chi connectivity index (χ0n) is 15.7. The number of nitrogens with zero attached hydrogens (tertiary/aromatic N) is 2. The van der Waals surface area contributed by atoms with Gasteiger partial charge in [-0.05, 0) is 35.9 Å². The van der Waals surface area contributed by atoms with Gasteiger partial charge in [0, 0.05) is 22.6 Å². The minimum absolute atomic E-state index is 0.0285. The molecule has 0 radical (unpaired) electrons. The second-order valence-electron chi connectivity index (χ2n) is 7.05. The lowest BCUT2D eigenvalue weighted by atomic mass is 9.95. The molecule has 0 bridgehead atoms. The average Bonchev–Trinajstić information content (AvgIpc) is 3.20. The van der Waals surface area contributed by atoms with Gasteiger partial charge in [0.1, 0.15) is 11.5 Å². The standard InChI is InChI=1S/C23H18Cl2N2O2/c1-28-16-8-10-22-18(12-16)21-13-20(14-5-3-2-4-6-14)26-27(21)23(29-22)17-9-7-15(24)11-19(17)25/h2-12,21,23H,13H2,1H3/t21-,23-/m1/s1. The molecule has 2 aliphatic heterocycles. The summed E-state index contributed by atoms with van der Waals surface area (Å²) in [6.45, 7) is 0. The smallest absolute Gasteiger partial charge is 0.215 e. The number of methoxy groups -OCH3 is 1. The lowest BCUT2D eigenvalue weighted by Gasteiger charge is -2.38. The molecule has 0 saturated carbocycles. The summed E-state index contributed by atoms with van der Waals surface area (Å²) in [6, 6.07) is 21.6. The van der Waals surface area contributed by atoms with Crippen LogP contribution in [0.25, 0.3) is 0 Å². The number of ether oxygens (including phenoxy) is 2. The number of benzene rings is 3. The van der Waals surface area contributed by atoms with Gasteiger partial charge in [-0.3, -0.25) is 0 Å². The van der Waals surface area contributed by atoms with E-state index in [-0.39, 0.29) is 6.04 Å². The number of halogens is 2. The van der Waals surface area contributed by atoms with E-state index in [0.717, 1.165) is 40.3 Å². The molecule has 4 nitrogen and oxygen atoms in total. The first kappa shape index (κ1) is 18.3. The number of hydrogen-bond acceptors (Lipinski definition) is 4. The van der Waals surface area contributed by atoms with Crippen LogP contribution in [0, 0.1) is 0 Å². The SMILES string of the molecule is COc1ccc2c(c1)[C@H]1CC(c3ccccc3)=NN1[C@@H](c1ccc(Cl)cc1Cl)O2. The molecule has 0 amide bonds. The molecule has 3 aromatic rings. The number of hydrogen-bond donors (Lipinski definition) is 0. The van der Waals surface area contributed by atoms with Gasteiger partial charge in [-0.25, -0.2) is 5.01 Å². The van der Waals surface area contributed by atoms with Crippen LogP contribution in [0.1, 0.15) is 35.4 Å². The van der Waals surface area contributed by atoms with Crippen LogP contribution in [-0.2, 0) is 0 Å². The van der Waals surface area contributed by atoms with Crippen molar-refractivity contribution in [3.63, 3.8) is 0 Å². The van der Waals surface area contributed by atoms with Crippen molar-refractivity contribution in [3.8, 4) is 11.5 Å². The lowest BCUT2D eigenvalue weighted by Crippen LogP contribution is -2.33. The van der Waals surface area contributed by atoms with E-state index in [4.69, 9.17) is 37.8 Å². The highest BCUT2D eigenvalue weighted by Gasteiger charge is 2.41. The van der Waals surface area contributed by atoms with Crippen molar-refractivity contribution in [2.45, 2.75) is 18.7 Å². The predicted molar refractivity (Wildman–Crippen MR) is 115 cm³/mol. The fourth-order valence-corrected chi connectivity index (χ4v) is 4.41. The fourth-order valence-electron chi connectivity index (χ4n) is 3.90. The summed E-state index contributed by atoms with van der Waals surface area (Å²) in [5.74, 6) is 1.61. The molecule has 2 heterocycles. The molecule has 2 aliphatic rings. The molecule has 0 aliphatic carbocycles. The lowest BCUT2D eigenvalue weighted by molar-refractivity contribution is -0.0190. The molecule has 0 spiro atoms. The van der Waals surface area contributed by atoms with Gasteiger partial charge in [-0.2, -0.15) is 5.10 Å². The van der Waals surface area contributed by atoms with E-state index in [1.807, 2.05) is 53.5 Å². The molecule has 0 unspecified atom stereocenters. The topological polar surface area (TPSA) is 34.1 Å². The largest absolute Gasteiger partial charge is 0.497 e. The molecule has 0 saturated heterocycles. The molecule has 0 fully saturated rings. The Balaban J connectivity index is 1.63. The summed E-state index contributed by atoms with van der Waals surface area (Å²) in [4.78, 5) is 0. The Morgan fingerprint density at radius 1 is 1.00 bits per heavy atom. The summed E-state index contributed by atoms with van der Waals surface area (Å²) in [5.41, 5.74) is 4.01. The molecule has 3 aromatic carbocycles. The minimum Gasteiger partial charge on any atom is -0.497 e. The summed E-state index contributed by atoms with van der Waals surface area (Å²) in [7, 11) is 1.67. The van der Waals surface area contributed by atoms with E-state index >= 15 is 0 Å². The molecule has 29 heavy (non-hydrogen) atoms. The first-order chi connectivity index (χ1) is 14.1. The van der Waals surface area contributed by atoms with Crippen molar-refractivity contribution in [3.05, 3.63) is 93.5 Å². The van der Waals surface area contributed by atoms with Crippen LogP contribution in [0.15, 0.2) is 71.8 Å². The monoisotopic (exact) mass is 424 g/mol. The maximum Gasteiger partial charge on any atom is 0.215 e. The Labute approximate surface area is 179 Å². The van der Waals surface area contributed by atoms with Gasteiger partial charge in [0.05, 0.1) is 23.9 Å². The van der Waals surface area contributed by atoms with Gasteiger partial charge in [-0.1, -0.05) is 59.6 Å². The quantitative estimate of drug-likeness (QED) is 0.498. The van der Waals surface area contributed by atoms with Crippen molar-refractivity contribution in [2.24, 2.45) is 5.10 Å². The highest BCUT2D eigenvalue weighted by Crippen LogP contribution is 2.49. The van der Waals surface area contributed by atoms with Crippen LogP contribution >= 0.6 is 23.2 Å². The zero-order chi connectivity index (χ0) is 20.0. The Hall–Kier alpha value is -2.69. The van der Waals surface area contributed by atoms with E-state index in [1.165, 1.54) is 0 Å². The number of rotatable bonds is 3. The predicted octanol–water partition coefficient (Wildman–Crippen LogP) is 6.24. The normalized spacial score (nSPS) is 19.8. The van der Waals surface area contributed by atoms with Crippen molar-refractivity contribution < 1.29 is 9.47 Å². The highest BCUT2D eigenvalue weighted by atomic mass is 35.5. The summed E-state index contributed by atoms with van der Waals surface area (Å²) >= 11 is 12.6. The van der Waals surface area contributed by atoms with Crippen molar-refractivity contribution in [2.75, 3.05) is 7.11 Å². The second kappa shape index (κ2) is 7.29. The van der Waals surface area contributed by atoms with Crippen molar-refractivity contribution in [1.29, 1.82) is 0 Å². The highest BCUT2D eigenvalue weighted by molar-refractivity contribution is 6.35. The van der Waals surface area contributed by atoms with Crippen molar-refractivity contribution in [1.82, 2.24) is 5.01 Å². The van der Waals surface area contributed by atoms with Gasteiger partial charge >= 0.3 is 0 Å². The second-order valence-corrected chi connectivity index (χ2v) is 7.90. The summed E-state index contributed by atoms with van der Waals surface area (Å²) in [5, 5.41) is 8.09. The van der Waals surface area contributed by atoms with E-state index in [9.17, 15) is 0 Å². The van der Waals surface area contributed by atoms with Gasteiger partial charge < -0.3 is 9.47 Å². The maximum absolute atomic E-state index is 6.52. The molecular weight excluding hydrogens is 407 g/mol. The van der Waals surface area contributed by atoms with E-state index < -0.39 is 6.23 Å². The molecule has 6 heteroatoms. The molecule has 146 valence electrons. The van der Waals surface area contributed by atoms with Crippen LogP contribution in [0.4, 0.5) is 0 Å². The third-order valence-electron chi connectivity index (χ3n) is 5.33. The third kappa shape index (κ3) is 3.22. The number of hydrazone groups is 1. The third-order valence-corrected chi connectivity index (χ3v) is 5.90. The van der Waals surface area contributed by atoms with Crippen LogP contribution in [0.3, 0.4) is 0 Å². The minimum atomic E-state index is -0.438. The summed E-state index contributed by atoms with van der Waals surface area (Å²) in [6.07, 6.45) is 0.335. The van der Waals surface area contributed by atoms with Gasteiger partial charge in [0.15, 0.2) is 0 Å². The van der Waals surface area contributed by atoms with E-state index in [1.54, 1.807) is 13.2 Å². The average molecular weight is 425 g/mol. The summed E-state index contributed by atoms with van der Waals surface area (Å²) < 4.78 is 11.8. The Kier molecular flexibility index (Phi) is 4.61. The zero-order valence-corrected chi connectivity index (χ0v) is 17.2. The molecule has 5 rings (SSSR count). The van der Waals surface area contributed by atoms with E-state index in [0.29, 0.717) is 10.0 Å². The Morgan fingerprint density at radius 3 is 2.59 bits per heavy atom. The van der Waals surface area contributed by atoms with Crippen molar-refractivity contribution >= 4 is 28.9 Å². The first-order valence-corrected chi connectivity index (χ1v) is 10.1. The first-order valence-electron chi connectivity index (χ1n) is 9.35. The van der Waals surface area contributed by atoms with Crippen LogP contribution in [0.2, 0.25) is 10.0 Å². The Morgan fingerprint density at radius 2 is 1.83 bits per heavy atom. The molecule has 0 N–H and O–H groups in total. The van der Waals surface area contributed by atoms with Gasteiger partial charge in [0.25, 0.3) is 0 Å². The number of fused-ring (bicyclic) bond motifs is 3. The van der Waals surface area contributed by atoms with Crippen LogP contribution < -0.4 is 9.47 Å². The van der Waals surface area contributed by atoms with Gasteiger partial charge in [0.2, 0.25) is 6.23 Å². The maximum atomic E-state index is 6.52. The molecule has 2 atom stereocenters. The Bertz CT molecular complexity index is 1100.